The van der Waals surface area contributed by atoms with Gasteiger partial charge in [0.05, 0.1) is 25.7 Å². The lowest BCUT2D eigenvalue weighted by Gasteiger charge is -2.31. The molecule has 2 aliphatic heterocycles. The molecule has 0 spiro atoms. The van der Waals surface area contributed by atoms with Gasteiger partial charge in [-0.25, -0.2) is 0 Å². The van der Waals surface area contributed by atoms with Gasteiger partial charge in [-0.1, -0.05) is 0 Å². The first-order chi connectivity index (χ1) is 10.7. The SMILES string of the molecule is COc1c2c(c(C3(C(=O)O)CC3)c3c1OCCC3)OCCC2. The largest absolute Gasteiger partial charge is 0.493 e. The van der Waals surface area contributed by atoms with Gasteiger partial charge < -0.3 is 19.3 Å². The molecule has 1 aliphatic carbocycles. The van der Waals surface area contributed by atoms with E-state index in [4.69, 9.17) is 14.2 Å². The van der Waals surface area contributed by atoms with Gasteiger partial charge in [-0.3, -0.25) is 4.79 Å². The quantitative estimate of drug-likeness (QED) is 0.929. The molecular formula is C17H20O5. The summed E-state index contributed by atoms with van der Waals surface area (Å²) in [5.74, 6) is 1.50. The summed E-state index contributed by atoms with van der Waals surface area (Å²) in [5.41, 5.74) is 2.06. The van der Waals surface area contributed by atoms with Gasteiger partial charge in [-0.15, -0.1) is 0 Å². The first kappa shape index (κ1) is 13.7. The number of carbonyl (C=O) groups is 1. The van der Waals surface area contributed by atoms with E-state index in [-0.39, 0.29) is 0 Å². The van der Waals surface area contributed by atoms with Crippen LogP contribution in [-0.2, 0) is 23.1 Å². The van der Waals surface area contributed by atoms with Gasteiger partial charge in [-0.2, -0.15) is 0 Å². The minimum atomic E-state index is -0.779. The van der Waals surface area contributed by atoms with Crippen molar-refractivity contribution in [3.63, 3.8) is 0 Å². The number of methoxy groups -OCH3 is 1. The van der Waals surface area contributed by atoms with Gasteiger partial charge in [0.25, 0.3) is 0 Å². The minimum Gasteiger partial charge on any atom is -0.493 e. The molecule has 0 atom stereocenters. The van der Waals surface area contributed by atoms with E-state index in [1.54, 1.807) is 7.11 Å². The van der Waals surface area contributed by atoms with Crippen molar-refractivity contribution < 1.29 is 24.1 Å². The molecule has 5 nitrogen and oxygen atoms in total. The van der Waals surface area contributed by atoms with Crippen LogP contribution in [0.15, 0.2) is 0 Å². The Kier molecular flexibility index (Phi) is 2.99. The van der Waals surface area contributed by atoms with E-state index in [1.807, 2.05) is 0 Å². The molecule has 1 saturated carbocycles. The molecule has 2 heterocycles. The van der Waals surface area contributed by atoms with Gasteiger partial charge in [0.1, 0.15) is 5.75 Å². The summed E-state index contributed by atoms with van der Waals surface area (Å²) in [7, 11) is 1.65. The number of carboxylic acid groups (broad SMARTS) is 1. The molecule has 5 heteroatoms. The lowest BCUT2D eigenvalue weighted by Crippen LogP contribution is -2.27. The fourth-order valence-electron chi connectivity index (χ4n) is 3.82. The van der Waals surface area contributed by atoms with Gasteiger partial charge in [0, 0.05) is 16.7 Å². The highest BCUT2D eigenvalue weighted by Crippen LogP contribution is 2.59. The average Bonchev–Trinajstić information content (AvgIpc) is 3.34. The molecule has 22 heavy (non-hydrogen) atoms. The van der Waals surface area contributed by atoms with Gasteiger partial charge in [-0.05, 0) is 38.5 Å². The lowest BCUT2D eigenvalue weighted by atomic mass is 9.83. The second kappa shape index (κ2) is 4.80. The van der Waals surface area contributed by atoms with Crippen LogP contribution in [0.25, 0.3) is 0 Å². The third-order valence-corrected chi connectivity index (χ3v) is 5.03. The van der Waals surface area contributed by atoms with E-state index >= 15 is 0 Å². The van der Waals surface area contributed by atoms with Gasteiger partial charge in [0.15, 0.2) is 11.5 Å². The number of hydrogen-bond donors (Lipinski definition) is 1. The van der Waals surface area contributed by atoms with E-state index < -0.39 is 11.4 Å². The number of ether oxygens (including phenoxy) is 3. The number of rotatable bonds is 3. The smallest absolute Gasteiger partial charge is 0.314 e. The lowest BCUT2D eigenvalue weighted by molar-refractivity contribution is -0.140. The number of aliphatic carboxylic acids is 1. The first-order valence-corrected chi connectivity index (χ1v) is 7.94. The normalized spacial score (nSPS) is 21.0. The van der Waals surface area contributed by atoms with Crippen molar-refractivity contribution in [1.82, 2.24) is 0 Å². The molecule has 118 valence electrons. The predicted molar refractivity (Wildman–Crippen MR) is 79.2 cm³/mol. The van der Waals surface area contributed by atoms with Gasteiger partial charge >= 0.3 is 5.97 Å². The summed E-state index contributed by atoms with van der Waals surface area (Å²) in [5, 5.41) is 9.76. The van der Waals surface area contributed by atoms with Crippen molar-refractivity contribution in [2.75, 3.05) is 20.3 Å². The van der Waals surface area contributed by atoms with Crippen LogP contribution in [0.4, 0.5) is 0 Å². The van der Waals surface area contributed by atoms with E-state index in [1.165, 1.54) is 0 Å². The fraction of sp³-hybridized carbons (Fsp3) is 0.588. The summed E-state index contributed by atoms with van der Waals surface area (Å²) < 4.78 is 17.4. The fourth-order valence-corrected chi connectivity index (χ4v) is 3.82. The van der Waals surface area contributed by atoms with Crippen molar-refractivity contribution in [1.29, 1.82) is 0 Å². The van der Waals surface area contributed by atoms with Gasteiger partial charge in [0.2, 0.25) is 0 Å². The van der Waals surface area contributed by atoms with Crippen molar-refractivity contribution in [2.24, 2.45) is 0 Å². The third-order valence-electron chi connectivity index (χ3n) is 5.03. The molecule has 0 amide bonds. The predicted octanol–water partition coefficient (Wildman–Crippen LogP) is 2.46. The summed E-state index contributed by atoms with van der Waals surface area (Å²) in [6.07, 6.45) is 4.84. The van der Waals surface area contributed by atoms with Crippen LogP contribution in [0.5, 0.6) is 17.2 Å². The molecule has 1 N–H and O–H groups in total. The molecular weight excluding hydrogens is 284 g/mol. The standard InChI is InChI=1S/C17H20O5/c1-20-14-11-5-3-8-21-13(11)12(17(6-7-17)16(18)19)10-4-2-9-22-15(10)14/h2-9H2,1H3,(H,18,19). The zero-order chi connectivity index (χ0) is 15.3. The topological polar surface area (TPSA) is 65.0 Å². The summed E-state index contributed by atoms with van der Waals surface area (Å²) in [6, 6.07) is 0. The van der Waals surface area contributed by atoms with Crippen molar-refractivity contribution in [3.8, 4) is 17.2 Å². The van der Waals surface area contributed by atoms with Crippen molar-refractivity contribution in [3.05, 3.63) is 16.7 Å². The molecule has 0 unspecified atom stereocenters. The Morgan fingerprint density at radius 1 is 1.09 bits per heavy atom. The Labute approximate surface area is 129 Å². The first-order valence-electron chi connectivity index (χ1n) is 7.94. The van der Waals surface area contributed by atoms with Crippen molar-refractivity contribution in [2.45, 2.75) is 43.9 Å². The molecule has 0 saturated heterocycles. The summed E-state index contributed by atoms with van der Waals surface area (Å²) in [4.78, 5) is 11.9. The minimum absolute atomic E-state index is 0.637. The highest BCUT2D eigenvalue weighted by atomic mass is 16.5. The molecule has 4 rings (SSSR count). The van der Waals surface area contributed by atoms with Crippen molar-refractivity contribution >= 4 is 5.97 Å². The maximum absolute atomic E-state index is 11.9. The highest BCUT2D eigenvalue weighted by Gasteiger charge is 2.56. The highest BCUT2D eigenvalue weighted by molar-refractivity contribution is 5.88. The van der Waals surface area contributed by atoms with Crippen LogP contribution in [0, 0.1) is 0 Å². The second-order valence-corrected chi connectivity index (χ2v) is 6.31. The maximum Gasteiger partial charge on any atom is 0.314 e. The Bertz CT molecular complexity index is 608. The van der Waals surface area contributed by atoms with Crippen LogP contribution >= 0.6 is 0 Å². The van der Waals surface area contributed by atoms with Crippen LogP contribution in [0.2, 0.25) is 0 Å². The Balaban J connectivity index is 2.02. The van der Waals surface area contributed by atoms with Crippen LogP contribution in [0.3, 0.4) is 0 Å². The number of fused-ring (bicyclic) bond motifs is 2. The van der Waals surface area contributed by atoms with Crippen LogP contribution < -0.4 is 14.2 Å². The zero-order valence-corrected chi connectivity index (χ0v) is 12.7. The molecule has 1 aromatic carbocycles. The molecule has 1 fully saturated rings. The Morgan fingerprint density at radius 2 is 1.73 bits per heavy atom. The monoisotopic (exact) mass is 304 g/mol. The summed E-state index contributed by atoms with van der Waals surface area (Å²) in [6.45, 7) is 1.29. The van der Waals surface area contributed by atoms with E-state index in [0.717, 1.165) is 59.6 Å². The molecule has 0 aromatic heterocycles. The Hall–Kier alpha value is -1.91. The van der Waals surface area contributed by atoms with E-state index in [2.05, 4.69) is 0 Å². The molecule has 1 aromatic rings. The third kappa shape index (κ3) is 1.74. The van der Waals surface area contributed by atoms with E-state index in [9.17, 15) is 9.90 Å². The molecule has 0 bridgehead atoms. The number of benzene rings is 1. The Morgan fingerprint density at radius 3 is 2.32 bits per heavy atom. The summed E-state index contributed by atoms with van der Waals surface area (Å²) >= 11 is 0. The number of carboxylic acids is 1. The molecule has 3 aliphatic rings. The van der Waals surface area contributed by atoms with Crippen LogP contribution in [-0.4, -0.2) is 31.4 Å². The zero-order valence-electron chi connectivity index (χ0n) is 12.7. The van der Waals surface area contributed by atoms with Crippen LogP contribution in [0.1, 0.15) is 42.4 Å². The second-order valence-electron chi connectivity index (χ2n) is 6.31. The molecule has 0 radical (unpaired) electrons. The maximum atomic E-state index is 11.9. The van der Waals surface area contributed by atoms with E-state index in [0.29, 0.717) is 26.1 Å². The average molecular weight is 304 g/mol. The number of hydrogen-bond acceptors (Lipinski definition) is 4.